The average Bonchev–Trinajstić information content (AvgIpc) is 3.75. The number of carbonyl (C=O) groups excluding carboxylic acids is 4. The molecule has 2 aromatic carbocycles. The van der Waals surface area contributed by atoms with Crippen molar-refractivity contribution in [1.29, 1.82) is 0 Å². The monoisotopic (exact) mass is 856 g/mol. The molecule has 4 aromatic rings. The summed E-state index contributed by atoms with van der Waals surface area (Å²) in [6, 6.07) is 11.4. The van der Waals surface area contributed by atoms with Gasteiger partial charge in [0, 0.05) is 58.7 Å². The summed E-state index contributed by atoms with van der Waals surface area (Å²) in [6.45, 7) is 6.28. The highest BCUT2D eigenvalue weighted by Gasteiger charge is 2.48. The van der Waals surface area contributed by atoms with E-state index < -0.39 is 47.5 Å². The van der Waals surface area contributed by atoms with Crippen molar-refractivity contribution < 1.29 is 42.6 Å². The lowest BCUT2D eigenvalue weighted by Crippen LogP contribution is -2.53. The minimum absolute atomic E-state index is 0.114. The number of amides is 4. The number of hydrogen-bond acceptors (Lipinski definition) is 10. The number of nitrogens with zero attached hydrogens (tertiary/aromatic N) is 5. The lowest BCUT2D eigenvalue weighted by atomic mass is 9.60. The number of carbonyl (C=O) groups is 4. The molecule has 17 heteroatoms. The molecule has 2 saturated heterocycles. The van der Waals surface area contributed by atoms with Gasteiger partial charge in [0.1, 0.15) is 17.4 Å². The normalized spacial score (nSPS) is 24.6. The third-order valence-corrected chi connectivity index (χ3v) is 13.8. The zero-order chi connectivity index (χ0) is 43.7. The number of fused-ring (bicyclic) bond motifs is 2. The second-order valence-corrected chi connectivity index (χ2v) is 18.5. The van der Waals surface area contributed by atoms with Crippen LogP contribution in [0.3, 0.4) is 0 Å². The number of alkyl halides is 3. The van der Waals surface area contributed by atoms with Crippen LogP contribution in [0.5, 0.6) is 0 Å². The molecule has 4 amide bonds. The van der Waals surface area contributed by atoms with Crippen molar-refractivity contribution in [1.82, 2.24) is 29.9 Å². The van der Waals surface area contributed by atoms with Gasteiger partial charge in [0.25, 0.3) is 11.8 Å². The van der Waals surface area contributed by atoms with Crippen molar-refractivity contribution in [2.24, 2.45) is 11.3 Å². The minimum Gasteiger partial charge on any atom is -0.386 e. The summed E-state index contributed by atoms with van der Waals surface area (Å²) in [7, 11) is 0. The van der Waals surface area contributed by atoms with Crippen LogP contribution in [0.25, 0.3) is 10.9 Å². The quantitative estimate of drug-likeness (QED) is 0.120. The molecule has 2 aliphatic carbocycles. The third-order valence-electron chi connectivity index (χ3n) is 13.8. The standard InChI is InChI=1S/C45H51F3N8O6/c1-43(2,62)30-20-33-26(19-34(30)51-39(58)32-7-4-8-36(50-32)45(46,47)48)24-55(53-33)28-11-9-25(10-12-28)23-54-17-15-44(16-18-54)21-27(22-44)49-31-6-3-5-29-38(31)42(61)56(41(29)60)35-13-14-37(57)52-40(35)59/h3-8,19-20,24-25,27-28,35,42,49,61-62H,9-18,21-23H2,1-2H3,(H,51,58)(H,52,57,59). The number of pyridine rings is 1. The summed E-state index contributed by atoms with van der Waals surface area (Å²) < 4.78 is 41.8. The highest BCUT2D eigenvalue weighted by Crippen LogP contribution is 2.51. The van der Waals surface area contributed by atoms with E-state index in [1.54, 1.807) is 38.1 Å². The summed E-state index contributed by atoms with van der Waals surface area (Å²) in [4.78, 5) is 58.0. The Bertz CT molecular complexity index is 2420. The van der Waals surface area contributed by atoms with E-state index in [2.05, 4.69) is 25.8 Å². The van der Waals surface area contributed by atoms with Gasteiger partial charge in [0.15, 0.2) is 6.23 Å². The maximum absolute atomic E-state index is 13.3. The van der Waals surface area contributed by atoms with E-state index in [0.717, 1.165) is 88.5 Å². The molecule has 2 saturated carbocycles. The lowest BCUT2D eigenvalue weighted by molar-refractivity contribution is -0.141. The average molecular weight is 857 g/mol. The topological polar surface area (TPSA) is 182 Å². The molecular weight excluding hydrogens is 806 g/mol. The Labute approximate surface area is 356 Å². The van der Waals surface area contributed by atoms with Crippen LogP contribution in [0.15, 0.2) is 54.7 Å². The first-order chi connectivity index (χ1) is 29.4. The summed E-state index contributed by atoms with van der Waals surface area (Å²) in [6.07, 6.45) is 4.53. The molecule has 2 atom stereocenters. The number of aliphatic hydroxyl groups excluding tert-OH is 1. The number of aromatic nitrogens is 3. The van der Waals surface area contributed by atoms with Gasteiger partial charge < -0.3 is 25.7 Å². The summed E-state index contributed by atoms with van der Waals surface area (Å²) in [5.74, 6) is -1.60. The largest absolute Gasteiger partial charge is 0.433 e. The van der Waals surface area contributed by atoms with Crippen molar-refractivity contribution in [2.75, 3.05) is 30.3 Å². The van der Waals surface area contributed by atoms with Crippen LogP contribution in [-0.4, -0.2) is 90.1 Å². The fourth-order valence-corrected chi connectivity index (χ4v) is 10.5. The van der Waals surface area contributed by atoms with E-state index in [0.29, 0.717) is 33.8 Å². The Hall–Kier alpha value is -5.39. The maximum Gasteiger partial charge on any atom is 0.433 e. The number of nitrogens with one attached hydrogen (secondary N) is 3. The zero-order valence-electron chi connectivity index (χ0n) is 34.7. The molecule has 1 spiro atoms. The van der Waals surface area contributed by atoms with E-state index in [-0.39, 0.29) is 47.6 Å². The van der Waals surface area contributed by atoms with E-state index in [1.807, 2.05) is 16.9 Å². The SMILES string of the molecule is CC(C)(O)c1cc2nn(C3CCC(CN4CCC5(CC4)CC(Nc4cccc6c4C(O)N(C4CCC(=O)NC4=O)C6=O)C5)CC3)cc2cc1NC(=O)c1cccc(C(F)(F)F)n1. The number of rotatable bonds is 9. The maximum atomic E-state index is 13.3. The van der Waals surface area contributed by atoms with Crippen LogP contribution in [0.4, 0.5) is 24.5 Å². The van der Waals surface area contributed by atoms with Crippen LogP contribution >= 0.6 is 0 Å². The molecule has 62 heavy (non-hydrogen) atoms. The highest BCUT2D eigenvalue weighted by atomic mass is 19.4. The highest BCUT2D eigenvalue weighted by molar-refractivity contribution is 6.07. The van der Waals surface area contributed by atoms with Gasteiger partial charge in [-0.15, -0.1) is 0 Å². The Morgan fingerprint density at radius 3 is 2.39 bits per heavy atom. The molecular formula is C45H51F3N8O6. The van der Waals surface area contributed by atoms with Gasteiger partial charge >= 0.3 is 6.18 Å². The summed E-state index contributed by atoms with van der Waals surface area (Å²) in [5, 5.41) is 36.5. The predicted octanol–water partition coefficient (Wildman–Crippen LogP) is 6.27. The second kappa shape index (κ2) is 15.8. The van der Waals surface area contributed by atoms with Gasteiger partial charge in [0.05, 0.1) is 17.2 Å². The van der Waals surface area contributed by atoms with Crippen LogP contribution in [0.2, 0.25) is 0 Å². The second-order valence-electron chi connectivity index (χ2n) is 18.5. The molecule has 5 aliphatic rings. The van der Waals surface area contributed by atoms with Crippen LogP contribution in [0.1, 0.15) is 128 Å². The molecule has 5 N–H and O–H groups in total. The van der Waals surface area contributed by atoms with Gasteiger partial charge in [-0.2, -0.15) is 18.3 Å². The van der Waals surface area contributed by atoms with Crippen molar-refractivity contribution in [3.05, 3.63) is 82.8 Å². The Morgan fingerprint density at radius 2 is 1.69 bits per heavy atom. The number of piperidine rings is 2. The lowest BCUT2D eigenvalue weighted by Gasteiger charge is -2.53. The van der Waals surface area contributed by atoms with Crippen LogP contribution in [0, 0.1) is 11.3 Å². The van der Waals surface area contributed by atoms with Gasteiger partial charge in [-0.1, -0.05) is 12.1 Å². The molecule has 14 nitrogen and oxygen atoms in total. The number of anilines is 2. The molecule has 328 valence electrons. The van der Waals surface area contributed by atoms with E-state index in [4.69, 9.17) is 5.10 Å². The smallest absolute Gasteiger partial charge is 0.386 e. The first-order valence-electron chi connectivity index (χ1n) is 21.5. The third kappa shape index (κ3) is 8.05. The fraction of sp³-hybridized carbons (Fsp3) is 0.511. The Morgan fingerprint density at radius 1 is 0.968 bits per heavy atom. The zero-order valence-corrected chi connectivity index (χ0v) is 34.7. The Balaban J connectivity index is 0.766. The fourth-order valence-electron chi connectivity index (χ4n) is 10.5. The predicted molar refractivity (Wildman–Crippen MR) is 222 cm³/mol. The van der Waals surface area contributed by atoms with E-state index in [1.165, 1.54) is 11.0 Å². The van der Waals surface area contributed by atoms with Crippen LogP contribution < -0.4 is 16.0 Å². The Kier molecular flexibility index (Phi) is 10.7. The number of benzene rings is 2. The molecule has 3 aliphatic heterocycles. The van der Waals surface area contributed by atoms with E-state index in [9.17, 15) is 42.6 Å². The summed E-state index contributed by atoms with van der Waals surface area (Å²) in [5.41, 5.74) is 0.192. The molecule has 0 bridgehead atoms. The molecule has 4 fully saturated rings. The van der Waals surface area contributed by atoms with Gasteiger partial charge in [-0.3, -0.25) is 34.1 Å². The number of aliphatic hydroxyl groups is 2. The molecule has 9 rings (SSSR count). The number of likely N-dealkylation sites (tertiary alicyclic amines) is 1. The van der Waals surface area contributed by atoms with Crippen LogP contribution in [-0.2, 0) is 21.4 Å². The summed E-state index contributed by atoms with van der Waals surface area (Å²) >= 11 is 0. The van der Waals surface area contributed by atoms with Crippen molar-refractivity contribution >= 4 is 45.9 Å². The molecule has 2 aromatic heterocycles. The number of imide groups is 1. The van der Waals surface area contributed by atoms with Crippen molar-refractivity contribution in [3.8, 4) is 0 Å². The molecule has 0 radical (unpaired) electrons. The minimum atomic E-state index is -4.70. The molecule has 5 heterocycles. The van der Waals surface area contributed by atoms with Gasteiger partial charge in [-0.25, -0.2) is 4.98 Å². The number of halogens is 3. The first kappa shape index (κ1) is 41.9. The van der Waals surface area contributed by atoms with Crippen molar-refractivity contribution in [2.45, 2.75) is 114 Å². The van der Waals surface area contributed by atoms with Gasteiger partial charge in [-0.05, 0) is 132 Å². The van der Waals surface area contributed by atoms with Gasteiger partial charge in [0.2, 0.25) is 11.8 Å². The number of hydrogen-bond donors (Lipinski definition) is 5. The van der Waals surface area contributed by atoms with E-state index >= 15 is 0 Å². The first-order valence-corrected chi connectivity index (χ1v) is 21.5. The van der Waals surface area contributed by atoms with Crippen molar-refractivity contribution in [3.63, 3.8) is 0 Å². The molecule has 2 unspecified atom stereocenters.